The Morgan fingerprint density at radius 3 is 1.88 bits per heavy atom. The number of carbonyl (C=O) groups excluding carboxylic acids is 4. The lowest BCUT2D eigenvalue weighted by molar-refractivity contribution is -0.225. The average Bonchev–Trinajstić information content (AvgIpc) is 3.79. The maximum absolute atomic E-state index is 16.3. The van der Waals surface area contributed by atoms with Gasteiger partial charge in [-0.1, -0.05) is 58.0 Å². The minimum absolute atomic E-state index is 0.0219. The molecule has 2 aliphatic carbocycles. The lowest BCUT2D eigenvalue weighted by Gasteiger charge is -2.35. The number of hydrogen-bond acceptors (Lipinski definition) is 8. The number of aromatic amines is 2. The van der Waals surface area contributed by atoms with Gasteiger partial charge in [0.05, 0.1) is 43.0 Å². The van der Waals surface area contributed by atoms with E-state index in [2.05, 4.69) is 20.6 Å². The second-order valence-corrected chi connectivity index (χ2v) is 18.8. The molecule has 4 heterocycles. The van der Waals surface area contributed by atoms with E-state index in [1.165, 1.54) is 32.5 Å². The Morgan fingerprint density at radius 2 is 1.29 bits per heavy atom. The van der Waals surface area contributed by atoms with Gasteiger partial charge in [-0.05, 0) is 95.9 Å². The molecule has 0 bridgehead atoms. The Kier molecular flexibility index (Phi) is 11.1. The van der Waals surface area contributed by atoms with E-state index < -0.39 is 59.3 Å². The average molecular weight is 913 g/mol. The lowest BCUT2D eigenvalue weighted by Crippen LogP contribution is -2.51. The summed E-state index contributed by atoms with van der Waals surface area (Å²) in [6.07, 6.45) is 3.92. The van der Waals surface area contributed by atoms with E-state index in [4.69, 9.17) is 19.4 Å². The Morgan fingerprint density at radius 1 is 0.727 bits per heavy atom. The number of halogens is 4. The smallest absolute Gasteiger partial charge is 0.407 e. The largest absolute Gasteiger partial charge is 0.453 e. The van der Waals surface area contributed by atoms with E-state index in [9.17, 15) is 19.2 Å². The predicted molar refractivity (Wildman–Crippen MR) is 235 cm³/mol. The normalized spacial score (nSPS) is 20.8. The number of likely N-dealkylation sites (tertiary alicyclic amines) is 2. The van der Waals surface area contributed by atoms with Crippen molar-refractivity contribution in [2.45, 2.75) is 95.8 Å². The summed E-state index contributed by atoms with van der Waals surface area (Å²) in [6, 6.07) is 10.8. The number of methoxy groups -OCH3 is 2. The summed E-state index contributed by atoms with van der Waals surface area (Å²) in [5, 5.41) is 5.28. The highest BCUT2D eigenvalue weighted by Crippen LogP contribution is 2.60. The van der Waals surface area contributed by atoms with Crippen LogP contribution in [0, 0.1) is 17.3 Å². The number of rotatable bonds is 10. The standard InChI is InChI=1S/C48H52F4N8O6/c1-24(2)38(57-44(63)65-5)42(61)59-17-7-8-36(59)41-54-33-14-11-27(20-34(33)55-41)26-9-12-29-30-13-10-28(19-32(30)48(51,52)47(49,50)31(29)18-26)35-22-53-40(56-35)37-21-46(15-16-46)23-60(37)43(62)39(25(3)4)58-45(64)66-6/h9-14,18-20,22,24-25,36-39H,7-8,15-17,21,23H2,1-6H3,(H,53,56)(H,54,55)(H,57,63)(H,58,64)/t36-,37-,38-,39-/m0/s1. The van der Waals surface area contributed by atoms with Crippen LogP contribution in [0.5, 0.6) is 0 Å². The van der Waals surface area contributed by atoms with Gasteiger partial charge in [0.2, 0.25) is 11.8 Å². The molecule has 1 saturated carbocycles. The number of fused-ring (bicyclic) bond motifs is 4. The molecule has 0 unspecified atom stereocenters. The number of H-pyrrole nitrogens is 2. The summed E-state index contributed by atoms with van der Waals surface area (Å²) in [5.41, 5.74) is 0.619. The van der Waals surface area contributed by atoms with Crippen molar-refractivity contribution in [2.24, 2.45) is 17.3 Å². The molecule has 18 heteroatoms. The molecule has 5 aromatic rings. The van der Waals surface area contributed by atoms with Crippen LogP contribution in [-0.4, -0.2) is 93.1 Å². The van der Waals surface area contributed by atoms with Crippen molar-refractivity contribution in [1.29, 1.82) is 0 Å². The van der Waals surface area contributed by atoms with Crippen LogP contribution < -0.4 is 10.6 Å². The van der Waals surface area contributed by atoms with E-state index in [1.807, 2.05) is 27.7 Å². The Balaban J connectivity index is 0.982. The number of nitrogens with zero attached hydrogens (tertiary/aromatic N) is 4. The van der Waals surface area contributed by atoms with Crippen molar-refractivity contribution in [1.82, 2.24) is 40.4 Å². The molecule has 4 amide bonds. The molecule has 2 aromatic heterocycles. The molecule has 3 aromatic carbocycles. The number of amides is 4. The van der Waals surface area contributed by atoms with Gasteiger partial charge in [0.25, 0.3) is 0 Å². The predicted octanol–water partition coefficient (Wildman–Crippen LogP) is 8.96. The quantitative estimate of drug-likeness (QED) is 0.101. The molecule has 0 radical (unpaired) electrons. The third-order valence-corrected chi connectivity index (χ3v) is 13.8. The van der Waals surface area contributed by atoms with Gasteiger partial charge < -0.3 is 39.9 Å². The number of carbonyl (C=O) groups is 4. The summed E-state index contributed by atoms with van der Waals surface area (Å²) in [5.74, 6) is -9.23. The van der Waals surface area contributed by atoms with Gasteiger partial charge in [-0.25, -0.2) is 19.6 Å². The number of alkyl carbamates (subject to hydrolysis) is 2. The fourth-order valence-electron chi connectivity index (χ4n) is 9.92. The zero-order chi connectivity index (χ0) is 47.0. The summed E-state index contributed by atoms with van der Waals surface area (Å²) in [4.78, 5) is 71.1. The molecule has 9 rings (SSSR count). The minimum Gasteiger partial charge on any atom is -0.453 e. The highest BCUT2D eigenvalue weighted by atomic mass is 19.3. The van der Waals surface area contributed by atoms with E-state index in [-0.39, 0.29) is 51.4 Å². The molecule has 66 heavy (non-hydrogen) atoms. The van der Waals surface area contributed by atoms with Crippen LogP contribution in [0.15, 0.2) is 60.8 Å². The van der Waals surface area contributed by atoms with Gasteiger partial charge in [-0.3, -0.25) is 9.59 Å². The van der Waals surface area contributed by atoms with Gasteiger partial charge in [0, 0.05) is 36.0 Å². The molecule has 2 saturated heterocycles. The van der Waals surface area contributed by atoms with Crippen molar-refractivity contribution in [2.75, 3.05) is 27.3 Å². The van der Waals surface area contributed by atoms with Crippen molar-refractivity contribution in [3.8, 4) is 33.5 Å². The maximum Gasteiger partial charge on any atom is 0.407 e. The molecule has 4 aliphatic rings. The van der Waals surface area contributed by atoms with Crippen LogP contribution in [-0.2, 0) is 30.9 Å². The number of aromatic nitrogens is 4. The van der Waals surface area contributed by atoms with Crippen molar-refractivity contribution in [3.63, 3.8) is 0 Å². The zero-order valence-corrected chi connectivity index (χ0v) is 37.4. The van der Waals surface area contributed by atoms with Crippen LogP contribution >= 0.6 is 0 Å². The molecule has 3 fully saturated rings. The first-order chi connectivity index (χ1) is 31.4. The molecule has 14 nitrogen and oxygen atoms in total. The van der Waals surface area contributed by atoms with Gasteiger partial charge in [0.15, 0.2) is 0 Å². The third-order valence-electron chi connectivity index (χ3n) is 13.8. The Hall–Kier alpha value is -6.46. The Labute approximate surface area is 378 Å². The molecule has 1 spiro atoms. The van der Waals surface area contributed by atoms with Crippen molar-refractivity contribution < 1.29 is 46.2 Å². The summed E-state index contributed by atoms with van der Waals surface area (Å²) < 4.78 is 74.8. The molecular weight excluding hydrogens is 861 g/mol. The highest BCUT2D eigenvalue weighted by Gasteiger charge is 2.63. The second kappa shape index (κ2) is 16.5. The van der Waals surface area contributed by atoms with E-state index in [1.54, 1.807) is 40.1 Å². The van der Waals surface area contributed by atoms with Gasteiger partial charge >= 0.3 is 24.0 Å². The van der Waals surface area contributed by atoms with Crippen LogP contribution in [0.1, 0.15) is 94.7 Å². The molecule has 4 atom stereocenters. The van der Waals surface area contributed by atoms with Crippen molar-refractivity contribution in [3.05, 3.63) is 83.6 Å². The van der Waals surface area contributed by atoms with Crippen LogP contribution in [0.25, 0.3) is 44.5 Å². The fourth-order valence-corrected chi connectivity index (χ4v) is 9.92. The maximum atomic E-state index is 16.3. The van der Waals surface area contributed by atoms with E-state index in [0.29, 0.717) is 66.2 Å². The van der Waals surface area contributed by atoms with Crippen LogP contribution in [0.2, 0.25) is 0 Å². The molecule has 4 N–H and O–H groups in total. The van der Waals surface area contributed by atoms with Gasteiger partial charge in [-0.15, -0.1) is 0 Å². The van der Waals surface area contributed by atoms with E-state index >= 15 is 17.6 Å². The number of imidazole rings is 2. The number of hydrogen-bond donors (Lipinski definition) is 4. The summed E-state index contributed by atoms with van der Waals surface area (Å²) in [7, 11) is 2.46. The first-order valence-corrected chi connectivity index (χ1v) is 22.3. The van der Waals surface area contributed by atoms with Crippen LogP contribution in [0.4, 0.5) is 27.2 Å². The van der Waals surface area contributed by atoms with Gasteiger partial charge in [0.1, 0.15) is 23.7 Å². The monoisotopic (exact) mass is 912 g/mol. The summed E-state index contributed by atoms with van der Waals surface area (Å²) >= 11 is 0. The minimum atomic E-state index is -4.59. The topological polar surface area (TPSA) is 175 Å². The highest BCUT2D eigenvalue weighted by molar-refractivity contribution is 5.88. The number of benzene rings is 3. The zero-order valence-electron chi connectivity index (χ0n) is 37.4. The fraction of sp³-hybridized carbons (Fsp3) is 0.458. The number of nitrogens with one attached hydrogen (secondary N) is 4. The second-order valence-electron chi connectivity index (χ2n) is 18.8. The first kappa shape index (κ1) is 44.7. The first-order valence-electron chi connectivity index (χ1n) is 22.3. The summed E-state index contributed by atoms with van der Waals surface area (Å²) in [6.45, 7) is 8.23. The lowest BCUT2D eigenvalue weighted by atomic mass is 9.78. The number of alkyl halides is 4. The van der Waals surface area contributed by atoms with Crippen molar-refractivity contribution >= 4 is 35.0 Å². The van der Waals surface area contributed by atoms with Gasteiger partial charge in [-0.2, -0.15) is 17.6 Å². The SMILES string of the molecule is COC(=O)N[C@H](C(=O)N1CC2(CC2)C[C@H]1c1nc(-c2ccc3c(c2)C(F)(F)C(F)(F)c2cc(-c4ccc5nc([C@@H]6CCCN6C(=O)[C@@H](NC(=O)OC)C(C)C)[nH]c5c4)ccc2-3)c[nH]1)C(C)C. The number of ether oxygens (including phenoxy) is 2. The Bertz CT molecular complexity index is 2750. The van der Waals surface area contributed by atoms with E-state index in [0.717, 1.165) is 25.0 Å². The van der Waals surface area contributed by atoms with Crippen LogP contribution in [0.3, 0.4) is 0 Å². The molecule has 348 valence electrons. The molecular formula is C48H52F4N8O6. The molecule has 2 aliphatic heterocycles. The third kappa shape index (κ3) is 7.60.